The molecule has 0 aromatic heterocycles. The van der Waals surface area contributed by atoms with Crippen LogP contribution in [0.2, 0.25) is 0 Å². The predicted octanol–water partition coefficient (Wildman–Crippen LogP) is 4.15. The number of nitrogens with one attached hydrogen (secondary N) is 1. The molecule has 1 unspecified atom stereocenters. The SMILES string of the molecule is COc1cc(C(C#N)Nc2ccccc2C)cc(Br)c1O. The number of nitriles is 1. The molecule has 21 heavy (non-hydrogen) atoms. The minimum Gasteiger partial charge on any atom is -0.503 e. The molecule has 0 amide bonds. The van der Waals surface area contributed by atoms with Crippen molar-refractivity contribution >= 4 is 21.6 Å². The summed E-state index contributed by atoms with van der Waals surface area (Å²) in [7, 11) is 1.47. The molecule has 2 aromatic carbocycles. The average molecular weight is 347 g/mol. The van der Waals surface area contributed by atoms with Crippen LogP contribution in [-0.2, 0) is 0 Å². The van der Waals surface area contributed by atoms with E-state index in [1.165, 1.54) is 7.11 Å². The Morgan fingerprint density at radius 1 is 1.33 bits per heavy atom. The van der Waals surface area contributed by atoms with Crippen molar-refractivity contribution in [3.63, 3.8) is 0 Å². The first-order valence-corrected chi connectivity index (χ1v) is 7.14. The van der Waals surface area contributed by atoms with E-state index in [0.717, 1.165) is 11.3 Å². The van der Waals surface area contributed by atoms with E-state index in [4.69, 9.17) is 4.74 Å². The molecule has 4 nitrogen and oxygen atoms in total. The Morgan fingerprint density at radius 3 is 2.67 bits per heavy atom. The molecule has 108 valence electrons. The molecular formula is C16H15BrN2O2. The summed E-state index contributed by atoms with van der Waals surface area (Å²) < 4.78 is 5.61. The summed E-state index contributed by atoms with van der Waals surface area (Å²) in [6, 6.07) is 12.8. The Morgan fingerprint density at radius 2 is 2.05 bits per heavy atom. The van der Waals surface area contributed by atoms with E-state index in [1.54, 1.807) is 12.1 Å². The van der Waals surface area contributed by atoms with Gasteiger partial charge in [0.25, 0.3) is 0 Å². The maximum atomic E-state index is 9.84. The third-order valence-electron chi connectivity index (χ3n) is 3.18. The number of ether oxygens (including phenoxy) is 1. The summed E-state index contributed by atoms with van der Waals surface area (Å²) in [5, 5.41) is 22.5. The lowest BCUT2D eigenvalue weighted by Crippen LogP contribution is -2.09. The number of phenols is 1. The molecule has 2 N–H and O–H groups in total. The summed E-state index contributed by atoms with van der Waals surface area (Å²) >= 11 is 3.27. The number of methoxy groups -OCH3 is 1. The van der Waals surface area contributed by atoms with E-state index in [-0.39, 0.29) is 5.75 Å². The molecule has 0 aliphatic carbocycles. The number of hydrogen-bond donors (Lipinski definition) is 2. The minimum absolute atomic E-state index is 0.0221. The molecule has 1 atom stereocenters. The number of nitrogens with zero attached hydrogens (tertiary/aromatic N) is 1. The largest absolute Gasteiger partial charge is 0.503 e. The zero-order valence-electron chi connectivity index (χ0n) is 11.7. The standard InChI is InChI=1S/C16H15BrN2O2/c1-10-5-3-4-6-13(10)19-14(9-18)11-7-12(17)16(20)15(8-11)21-2/h3-8,14,19-20H,1-2H3. The van der Waals surface area contributed by atoms with Crippen molar-refractivity contribution in [3.05, 3.63) is 52.0 Å². The number of anilines is 1. The van der Waals surface area contributed by atoms with Crippen molar-refractivity contribution in [3.8, 4) is 17.6 Å². The molecule has 0 aliphatic rings. The number of hydrogen-bond acceptors (Lipinski definition) is 4. The van der Waals surface area contributed by atoms with Crippen molar-refractivity contribution < 1.29 is 9.84 Å². The van der Waals surface area contributed by atoms with Gasteiger partial charge in [-0.15, -0.1) is 0 Å². The maximum absolute atomic E-state index is 9.84. The van der Waals surface area contributed by atoms with Gasteiger partial charge in [-0.3, -0.25) is 0 Å². The molecule has 0 spiro atoms. The Balaban J connectivity index is 2.37. The highest BCUT2D eigenvalue weighted by atomic mass is 79.9. The number of aryl methyl sites for hydroxylation is 1. The average Bonchev–Trinajstić information content (AvgIpc) is 2.49. The van der Waals surface area contributed by atoms with Gasteiger partial charge in [-0.05, 0) is 52.2 Å². The van der Waals surface area contributed by atoms with E-state index in [2.05, 4.69) is 27.3 Å². The maximum Gasteiger partial charge on any atom is 0.172 e. The van der Waals surface area contributed by atoms with Gasteiger partial charge in [-0.25, -0.2) is 0 Å². The van der Waals surface area contributed by atoms with E-state index in [0.29, 0.717) is 15.8 Å². The van der Waals surface area contributed by atoms with Gasteiger partial charge in [0, 0.05) is 5.69 Å². The number of para-hydroxylation sites is 1. The number of aromatic hydroxyl groups is 1. The third kappa shape index (κ3) is 3.29. The fourth-order valence-electron chi connectivity index (χ4n) is 2.00. The van der Waals surface area contributed by atoms with Crippen molar-refractivity contribution in [2.75, 3.05) is 12.4 Å². The summed E-state index contributed by atoms with van der Waals surface area (Å²) in [6.07, 6.45) is 0. The molecule has 0 saturated carbocycles. The van der Waals surface area contributed by atoms with Crippen LogP contribution in [0.1, 0.15) is 17.2 Å². The van der Waals surface area contributed by atoms with Crippen molar-refractivity contribution in [2.45, 2.75) is 13.0 Å². The number of rotatable bonds is 4. The predicted molar refractivity (Wildman–Crippen MR) is 85.5 cm³/mol. The van der Waals surface area contributed by atoms with Gasteiger partial charge in [0.05, 0.1) is 17.7 Å². The van der Waals surface area contributed by atoms with Crippen LogP contribution in [0, 0.1) is 18.3 Å². The second-order valence-corrected chi connectivity index (χ2v) is 5.43. The zero-order chi connectivity index (χ0) is 15.4. The first kappa shape index (κ1) is 15.2. The quantitative estimate of drug-likeness (QED) is 0.872. The highest BCUT2D eigenvalue weighted by Gasteiger charge is 2.16. The fraction of sp³-hybridized carbons (Fsp3) is 0.188. The first-order valence-electron chi connectivity index (χ1n) is 6.35. The Kier molecular flexibility index (Phi) is 4.71. The summed E-state index contributed by atoms with van der Waals surface area (Å²) in [5.74, 6) is 0.347. The lowest BCUT2D eigenvalue weighted by atomic mass is 10.1. The molecule has 2 rings (SSSR count). The Bertz CT molecular complexity index is 695. The highest BCUT2D eigenvalue weighted by molar-refractivity contribution is 9.10. The van der Waals surface area contributed by atoms with E-state index >= 15 is 0 Å². The fourth-order valence-corrected chi connectivity index (χ4v) is 2.46. The zero-order valence-corrected chi connectivity index (χ0v) is 13.3. The van der Waals surface area contributed by atoms with Gasteiger partial charge in [0.15, 0.2) is 11.5 Å². The van der Waals surface area contributed by atoms with Crippen LogP contribution >= 0.6 is 15.9 Å². The van der Waals surface area contributed by atoms with Gasteiger partial charge < -0.3 is 15.2 Å². The van der Waals surface area contributed by atoms with Gasteiger partial charge in [0.1, 0.15) is 6.04 Å². The molecule has 2 aromatic rings. The van der Waals surface area contributed by atoms with E-state index in [9.17, 15) is 10.4 Å². The van der Waals surface area contributed by atoms with Crippen LogP contribution in [0.15, 0.2) is 40.9 Å². The van der Waals surface area contributed by atoms with Crippen LogP contribution in [0.25, 0.3) is 0 Å². The van der Waals surface area contributed by atoms with Gasteiger partial charge in [-0.1, -0.05) is 18.2 Å². The molecule has 0 aliphatic heterocycles. The first-order chi connectivity index (χ1) is 10.1. The Hall–Kier alpha value is -2.19. The lowest BCUT2D eigenvalue weighted by molar-refractivity contribution is 0.371. The monoisotopic (exact) mass is 346 g/mol. The van der Waals surface area contributed by atoms with Crippen molar-refractivity contribution in [1.82, 2.24) is 0 Å². The van der Waals surface area contributed by atoms with Crippen LogP contribution < -0.4 is 10.1 Å². The third-order valence-corrected chi connectivity index (χ3v) is 3.78. The smallest absolute Gasteiger partial charge is 0.172 e. The van der Waals surface area contributed by atoms with Gasteiger partial charge in [0.2, 0.25) is 0 Å². The van der Waals surface area contributed by atoms with Crippen LogP contribution in [0.4, 0.5) is 5.69 Å². The number of phenolic OH excluding ortho intramolecular Hbond substituents is 1. The molecule has 0 radical (unpaired) electrons. The Labute approximate surface area is 132 Å². The topological polar surface area (TPSA) is 65.3 Å². The second kappa shape index (κ2) is 6.51. The lowest BCUT2D eigenvalue weighted by Gasteiger charge is -2.17. The molecular weight excluding hydrogens is 332 g/mol. The normalized spacial score (nSPS) is 11.5. The molecule has 0 saturated heterocycles. The van der Waals surface area contributed by atoms with Crippen LogP contribution in [-0.4, -0.2) is 12.2 Å². The molecule has 0 fully saturated rings. The molecule has 0 bridgehead atoms. The van der Waals surface area contributed by atoms with Gasteiger partial charge in [-0.2, -0.15) is 5.26 Å². The minimum atomic E-state index is -0.545. The van der Waals surface area contributed by atoms with Crippen molar-refractivity contribution in [2.24, 2.45) is 0 Å². The van der Waals surface area contributed by atoms with E-state index < -0.39 is 6.04 Å². The number of benzene rings is 2. The van der Waals surface area contributed by atoms with Crippen LogP contribution in [0.5, 0.6) is 11.5 Å². The second-order valence-electron chi connectivity index (χ2n) is 4.57. The summed E-state index contributed by atoms with van der Waals surface area (Å²) in [5.41, 5.74) is 2.66. The summed E-state index contributed by atoms with van der Waals surface area (Å²) in [4.78, 5) is 0. The van der Waals surface area contributed by atoms with E-state index in [1.807, 2.05) is 31.2 Å². The molecule has 0 heterocycles. The highest BCUT2D eigenvalue weighted by Crippen LogP contribution is 2.37. The van der Waals surface area contributed by atoms with Crippen LogP contribution in [0.3, 0.4) is 0 Å². The summed E-state index contributed by atoms with van der Waals surface area (Å²) in [6.45, 7) is 1.98. The molecule has 5 heteroatoms. The number of halogens is 1. The van der Waals surface area contributed by atoms with Gasteiger partial charge >= 0.3 is 0 Å². The van der Waals surface area contributed by atoms with Crippen molar-refractivity contribution in [1.29, 1.82) is 5.26 Å².